The van der Waals surface area contributed by atoms with E-state index in [-0.39, 0.29) is 23.6 Å². The summed E-state index contributed by atoms with van der Waals surface area (Å²) in [4.78, 5) is 28.3. The van der Waals surface area contributed by atoms with Gasteiger partial charge in [-0.2, -0.15) is 0 Å². The van der Waals surface area contributed by atoms with E-state index in [9.17, 15) is 18.4 Å². The topological polar surface area (TPSA) is 61.9 Å². The van der Waals surface area contributed by atoms with Crippen LogP contribution in [-0.2, 0) is 4.74 Å². The fraction of sp³-hybridized carbons (Fsp3) is 0.600. The molecular weight excluding hydrogens is 368 g/mol. The van der Waals surface area contributed by atoms with E-state index in [1.165, 1.54) is 6.07 Å². The summed E-state index contributed by atoms with van der Waals surface area (Å²) < 4.78 is 31.5. The summed E-state index contributed by atoms with van der Waals surface area (Å²) >= 11 is 0. The van der Waals surface area contributed by atoms with Crippen LogP contribution >= 0.6 is 0 Å². The normalized spacial score (nSPS) is 21.4. The van der Waals surface area contributed by atoms with Crippen molar-refractivity contribution in [2.24, 2.45) is 0 Å². The Hall–Kier alpha value is -2.22. The minimum atomic E-state index is -1.02. The van der Waals surface area contributed by atoms with Crippen LogP contribution in [0, 0.1) is 11.6 Å². The van der Waals surface area contributed by atoms with E-state index in [0.717, 1.165) is 50.9 Å². The first-order valence-corrected chi connectivity index (χ1v) is 9.89. The molecule has 0 unspecified atom stereocenters. The van der Waals surface area contributed by atoms with Crippen molar-refractivity contribution in [3.63, 3.8) is 0 Å². The number of ether oxygens (including phenoxy) is 1. The molecule has 2 amide bonds. The lowest BCUT2D eigenvalue weighted by atomic mass is 9.98. The van der Waals surface area contributed by atoms with Crippen molar-refractivity contribution in [1.29, 1.82) is 0 Å². The molecule has 0 aliphatic carbocycles. The number of hydrogen-bond donors (Lipinski definition) is 1. The summed E-state index contributed by atoms with van der Waals surface area (Å²) in [5.41, 5.74) is 0.124. The van der Waals surface area contributed by atoms with Gasteiger partial charge < -0.3 is 15.0 Å². The Morgan fingerprint density at radius 2 is 1.89 bits per heavy atom. The zero-order chi connectivity index (χ0) is 20.1. The molecule has 2 saturated heterocycles. The number of amides is 2. The smallest absolute Gasteiger partial charge is 0.409 e. The molecule has 0 bridgehead atoms. The van der Waals surface area contributed by atoms with Crippen molar-refractivity contribution in [2.75, 3.05) is 32.8 Å². The summed E-state index contributed by atoms with van der Waals surface area (Å²) in [6.07, 6.45) is 3.32. The predicted octanol–water partition coefficient (Wildman–Crippen LogP) is 2.78. The Balaban J connectivity index is 1.51. The highest BCUT2D eigenvalue weighted by molar-refractivity contribution is 5.94. The van der Waals surface area contributed by atoms with Gasteiger partial charge in [0.25, 0.3) is 5.91 Å². The molecule has 1 N–H and O–H groups in total. The van der Waals surface area contributed by atoms with Crippen molar-refractivity contribution >= 4 is 12.0 Å². The van der Waals surface area contributed by atoms with Crippen LogP contribution in [0.25, 0.3) is 0 Å². The molecule has 1 aromatic rings. The van der Waals surface area contributed by atoms with Gasteiger partial charge in [0.15, 0.2) is 11.6 Å². The third-order valence-corrected chi connectivity index (χ3v) is 5.48. The number of piperidine rings is 2. The lowest BCUT2D eigenvalue weighted by Crippen LogP contribution is -2.54. The molecule has 0 spiro atoms. The molecule has 28 heavy (non-hydrogen) atoms. The fourth-order valence-corrected chi connectivity index (χ4v) is 3.99. The number of nitrogens with zero attached hydrogens (tertiary/aromatic N) is 2. The molecule has 2 heterocycles. The number of hydrogen-bond acceptors (Lipinski definition) is 4. The summed E-state index contributed by atoms with van der Waals surface area (Å²) in [7, 11) is 0. The van der Waals surface area contributed by atoms with Crippen LogP contribution in [0.4, 0.5) is 13.6 Å². The van der Waals surface area contributed by atoms with Gasteiger partial charge in [-0.25, -0.2) is 13.6 Å². The van der Waals surface area contributed by atoms with Gasteiger partial charge in [-0.3, -0.25) is 9.69 Å². The maximum absolute atomic E-state index is 13.4. The molecule has 154 valence electrons. The Morgan fingerprint density at radius 1 is 1.14 bits per heavy atom. The van der Waals surface area contributed by atoms with Crippen LogP contribution in [0.2, 0.25) is 0 Å². The van der Waals surface area contributed by atoms with Gasteiger partial charge in [-0.05, 0) is 57.4 Å². The van der Waals surface area contributed by atoms with E-state index in [1.54, 1.807) is 11.8 Å². The van der Waals surface area contributed by atoms with Crippen molar-refractivity contribution in [1.82, 2.24) is 15.1 Å². The van der Waals surface area contributed by atoms with Gasteiger partial charge in [0.1, 0.15) is 0 Å². The molecule has 2 aliphatic rings. The number of rotatable bonds is 4. The highest BCUT2D eigenvalue weighted by atomic mass is 19.2. The van der Waals surface area contributed by atoms with Crippen molar-refractivity contribution in [2.45, 2.75) is 44.7 Å². The maximum Gasteiger partial charge on any atom is 0.409 e. The van der Waals surface area contributed by atoms with Gasteiger partial charge in [-0.15, -0.1) is 0 Å². The Bertz CT molecular complexity index is 708. The highest BCUT2D eigenvalue weighted by Crippen LogP contribution is 2.22. The first-order chi connectivity index (χ1) is 13.5. The molecule has 3 rings (SSSR count). The third kappa shape index (κ3) is 4.98. The Labute approximate surface area is 163 Å². The zero-order valence-electron chi connectivity index (χ0n) is 16.1. The van der Waals surface area contributed by atoms with Crippen molar-refractivity contribution in [3.05, 3.63) is 35.4 Å². The largest absolute Gasteiger partial charge is 0.450 e. The van der Waals surface area contributed by atoms with Crippen LogP contribution < -0.4 is 5.32 Å². The molecular formula is C20H27F2N3O3. The lowest BCUT2D eigenvalue weighted by molar-refractivity contribution is 0.0601. The fourth-order valence-electron chi connectivity index (χ4n) is 3.99. The monoisotopic (exact) mass is 395 g/mol. The number of halogens is 2. The lowest BCUT2D eigenvalue weighted by Gasteiger charge is -2.42. The first kappa shape index (κ1) is 20.5. The van der Waals surface area contributed by atoms with Gasteiger partial charge >= 0.3 is 6.09 Å². The molecule has 6 nitrogen and oxygen atoms in total. The molecule has 8 heteroatoms. The Morgan fingerprint density at radius 3 is 2.57 bits per heavy atom. The maximum atomic E-state index is 13.4. The minimum absolute atomic E-state index is 0.0301. The number of nitrogens with one attached hydrogen (secondary N) is 1. The van der Waals surface area contributed by atoms with E-state index >= 15 is 0 Å². The molecule has 0 saturated carbocycles. The second-order valence-electron chi connectivity index (χ2n) is 7.35. The van der Waals surface area contributed by atoms with E-state index in [1.807, 2.05) is 0 Å². The number of carbonyl (C=O) groups is 2. The minimum Gasteiger partial charge on any atom is -0.450 e. The second kappa shape index (κ2) is 9.32. The average Bonchev–Trinajstić information content (AvgIpc) is 2.70. The summed E-state index contributed by atoms with van der Waals surface area (Å²) in [5, 5.41) is 2.94. The van der Waals surface area contributed by atoms with E-state index in [0.29, 0.717) is 25.7 Å². The van der Waals surface area contributed by atoms with Gasteiger partial charge in [0.05, 0.1) is 6.61 Å². The molecule has 2 fully saturated rings. The van der Waals surface area contributed by atoms with Crippen LogP contribution in [0.5, 0.6) is 0 Å². The quantitative estimate of drug-likeness (QED) is 0.852. The van der Waals surface area contributed by atoms with E-state index < -0.39 is 11.6 Å². The van der Waals surface area contributed by atoms with Crippen molar-refractivity contribution in [3.8, 4) is 0 Å². The van der Waals surface area contributed by atoms with Crippen LogP contribution in [0.1, 0.15) is 43.0 Å². The number of benzene rings is 1. The molecule has 0 aromatic heterocycles. The Kier molecular flexibility index (Phi) is 6.83. The summed E-state index contributed by atoms with van der Waals surface area (Å²) in [6, 6.07) is 3.52. The first-order valence-electron chi connectivity index (χ1n) is 9.89. The molecule has 2 aliphatic heterocycles. The third-order valence-electron chi connectivity index (χ3n) is 5.48. The van der Waals surface area contributed by atoms with Crippen LogP contribution in [0.3, 0.4) is 0 Å². The van der Waals surface area contributed by atoms with E-state index in [2.05, 4.69) is 10.2 Å². The van der Waals surface area contributed by atoms with Gasteiger partial charge in [0.2, 0.25) is 0 Å². The zero-order valence-corrected chi connectivity index (χ0v) is 16.1. The highest BCUT2D eigenvalue weighted by Gasteiger charge is 2.31. The SMILES string of the molecule is CCOC(=O)N1CCC(N2CCC[C@H](NC(=O)c3ccc(F)c(F)c3)C2)CC1. The van der Waals surface area contributed by atoms with Crippen LogP contribution in [-0.4, -0.2) is 66.7 Å². The van der Waals surface area contributed by atoms with E-state index in [4.69, 9.17) is 4.74 Å². The standard InChI is InChI=1S/C20H27F2N3O3/c1-2-28-20(27)24-10-7-16(8-11-24)25-9-3-4-15(13-25)23-19(26)14-5-6-17(21)18(22)12-14/h5-6,12,15-16H,2-4,7-11,13H2,1H3,(H,23,26)/t15-/m0/s1. The number of likely N-dealkylation sites (tertiary alicyclic amines) is 2. The van der Waals surface area contributed by atoms with Crippen LogP contribution in [0.15, 0.2) is 18.2 Å². The van der Waals surface area contributed by atoms with Crippen molar-refractivity contribution < 1.29 is 23.1 Å². The van der Waals surface area contributed by atoms with Gasteiger partial charge in [0, 0.05) is 37.3 Å². The summed E-state index contributed by atoms with van der Waals surface area (Å²) in [5.74, 6) is -2.37. The number of carbonyl (C=O) groups excluding carboxylic acids is 2. The predicted molar refractivity (Wildman–Crippen MR) is 100 cm³/mol. The second-order valence-corrected chi connectivity index (χ2v) is 7.35. The van der Waals surface area contributed by atoms with Gasteiger partial charge in [-0.1, -0.05) is 0 Å². The average molecular weight is 395 g/mol. The molecule has 1 aromatic carbocycles. The molecule has 1 atom stereocenters. The molecule has 0 radical (unpaired) electrons. The summed E-state index contributed by atoms with van der Waals surface area (Å²) in [6.45, 7) is 5.20.